The molecule has 7 heteroatoms. The maximum atomic E-state index is 14.0. The van der Waals surface area contributed by atoms with Gasteiger partial charge in [-0.1, -0.05) is 30.3 Å². The van der Waals surface area contributed by atoms with E-state index in [4.69, 9.17) is 4.74 Å². The van der Waals surface area contributed by atoms with Crippen molar-refractivity contribution in [3.8, 4) is 0 Å². The average Bonchev–Trinajstić information content (AvgIpc) is 2.60. The van der Waals surface area contributed by atoms with Crippen LogP contribution in [0, 0.1) is 5.82 Å². The molecule has 134 valence electrons. The number of benzene rings is 2. The van der Waals surface area contributed by atoms with Gasteiger partial charge in [0.2, 0.25) is 10.0 Å². The van der Waals surface area contributed by atoms with Crippen molar-refractivity contribution in [2.45, 2.75) is 24.3 Å². The fourth-order valence-corrected chi connectivity index (χ4v) is 3.48. The zero-order valence-corrected chi connectivity index (χ0v) is 15.1. The summed E-state index contributed by atoms with van der Waals surface area (Å²) in [6, 6.07) is 11.7. The van der Waals surface area contributed by atoms with Gasteiger partial charge in [-0.2, -0.15) is 0 Å². The first-order valence-electron chi connectivity index (χ1n) is 7.60. The van der Waals surface area contributed by atoms with Crippen LogP contribution >= 0.6 is 0 Å². The Morgan fingerprint density at radius 3 is 2.28 bits per heavy atom. The Kier molecular flexibility index (Phi) is 5.72. The van der Waals surface area contributed by atoms with Gasteiger partial charge in [0.25, 0.3) is 0 Å². The van der Waals surface area contributed by atoms with E-state index in [9.17, 15) is 17.6 Å². The Balaban J connectivity index is 2.22. The van der Waals surface area contributed by atoms with Gasteiger partial charge in [0.1, 0.15) is 11.4 Å². The van der Waals surface area contributed by atoms with Crippen molar-refractivity contribution in [2.24, 2.45) is 0 Å². The summed E-state index contributed by atoms with van der Waals surface area (Å²) >= 11 is 0. The highest BCUT2D eigenvalue weighted by Gasteiger charge is 2.31. The highest BCUT2D eigenvalue weighted by Crippen LogP contribution is 2.27. The Morgan fingerprint density at radius 1 is 1.16 bits per heavy atom. The lowest BCUT2D eigenvalue weighted by atomic mass is 9.95. The van der Waals surface area contributed by atoms with Crippen molar-refractivity contribution in [1.82, 2.24) is 4.72 Å². The summed E-state index contributed by atoms with van der Waals surface area (Å²) in [4.78, 5) is 11.3. The Morgan fingerprint density at radius 2 is 1.76 bits per heavy atom. The van der Waals surface area contributed by atoms with Crippen LogP contribution in [0.2, 0.25) is 0 Å². The fraction of sp³-hybridized carbons (Fsp3) is 0.278. The molecular formula is C18H20FNO4S. The molecule has 0 aromatic heterocycles. The number of nitrogens with one attached hydrogen (secondary N) is 1. The molecule has 0 aliphatic carbocycles. The summed E-state index contributed by atoms with van der Waals surface area (Å²) in [6.07, 6.45) is 0. The van der Waals surface area contributed by atoms with Gasteiger partial charge in [0, 0.05) is 24.8 Å². The number of hydrogen-bond acceptors (Lipinski definition) is 4. The SMILES string of the molecule is COC(C)(CNS(=O)(=O)c1ccc(C(C)=O)cc1)c1ccccc1F. The molecule has 0 amide bonds. The maximum Gasteiger partial charge on any atom is 0.240 e. The molecule has 0 saturated heterocycles. The van der Waals surface area contributed by atoms with E-state index in [1.54, 1.807) is 25.1 Å². The number of ketones is 1. The number of carbonyl (C=O) groups excluding carboxylic acids is 1. The van der Waals surface area contributed by atoms with Crippen molar-refractivity contribution in [1.29, 1.82) is 0 Å². The predicted molar refractivity (Wildman–Crippen MR) is 92.4 cm³/mol. The van der Waals surface area contributed by atoms with Gasteiger partial charge >= 0.3 is 0 Å². The quantitative estimate of drug-likeness (QED) is 0.766. The van der Waals surface area contributed by atoms with E-state index in [0.717, 1.165) is 0 Å². The van der Waals surface area contributed by atoms with E-state index in [0.29, 0.717) is 5.56 Å². The molecule has 0 aliphatic heterocycles. The lowest BCUT2D eigenvalue weighted by molar-refractivity contribution is 0.00410. The third-order valence-electron chi connectivity index (χ3n) is 4.06. The van der Waals surface area contributed by atoms with Crippen LogP contribution in [0.5, 0.6) is 0 Å². The molecule has 0 fully saturated rings. The molecule has 0 heterocycles. The number of hydrogen-bond donors (Lipinski definition) is 1. The maximum absolute atomic E-state index is 14.0. The standard InChI is InChI=1S/C18H20FNO4S/c1-13(21)14-8-10-15(11-9-14)25(22,23)20-12-18(2,24-3)16-6-4-5-7-17(16)19/h4-11,20H,12H2,1-3H3. The molecule has 2 aromatic carbocycles. The Hall–Kier alpha value is -2.09. The number of rotatable bonds is 7. The van der Waals surface area contributed by atoms with E-state index in [-0.39, 0.29) is 22.8 Å². The smallest absolute Gasteiger partial charge is 0.240 e. The van der Waals surface area contributed by atoms with Crippen molar-refractivity contribution in [3.63, 3.8) is 0 Å². The summed E-state index contributed by atoms with van der Waals surface area (Å²) in [5.41, 5.74) is -0.489. The van der Waals surface area contributed by atoms with Crippen LogP contribution in [-0.4, -0.2) is 27.9 Å². The Bertz CT molecular complexity index is 865. The van der Waals surface area contributed by atoms with Crippen LogP contribution in [0.15, 0.2) is 53.4 Å². The summed E-state index contributed by atoms with van der Waals surface area (Å²) in [6.45, 7) is 2.86. The first-order chi connectivity index (χ1) is 11.7. The van der Waals surface area contributed by atoms with E-state index in [1.807, 2.05) is 0 Å². The zero-order chi connectivity index (χ0) is 18.7. The van der Waals surface area contributed by atoms with Gasteiger partial charge in [0.15, 0.2) is 5.78 Å². The Labute approximate surface area is 146 Å². The molecule has 0 bridgehead atoms. The summed E-state index contributed by atoms with van der Waals surface area (Å²) < 4.78 is 46.8. The molecule has 0 aliphatic rings. The van der Waals surface area contributed by atoms with Crippen LogP contribution in [0.25, 0.3) is 0 Å². The lowest BCUT2D eigenvalue weighted by Crippen LogP contribution is -2.40. The van der Waals surface area contributed by atoms with Crippen LogP contribution in [0.4, 0.5) is 4.39 Å². The molecule has 1 N–H and O–H groups in total. The molecule has 25 heavy (non-hydrogen) atoms. The molecule has 5 nitrogen and oxygen atoms in total. The molecule has 0 saturated carbocycles. The molecule has 1 unspecified atom stereocenters. The van der Waals surface area contributed by atoms with Gasteiger partial charge in [0.05, 0.1) is 4.90 Å². The largest absolute Gasteiger partial charge is 0.372 e. The second-order valence-electron chi connectivity index (χ2n) is 5.82. The van der Waals surface area contributed by atoms with Crippen LogP contribution < -0.4 is 4.72 Å². The topological polar surface area (TPSA) is 72.5 Å². The van der Waals surface area contributed by atoms with E-state index in [1.165, 1.54) is 44.4 Å². The van der Waals surface area contributed by atoms with E-state index < -0.39 is 21.4 Å². The number of halogens is 1. The summed E-state index contributed by atoms with van der Waals surface area (Å²) in [5.74, 6) is -0.625. The van der Waals surface area contributed by atoms with Gasteiger partial charge in [-0.25, -0.2) is 17.5 Å². The number of Topliss-reactive ketones (excluding diaryl/α,β-unsaturated/α-hetero) is 1. The van der Waals surface area contributed by atoms with Crippen molar-refractivity contribution in [3.05, 3.63) is 65.5 Å². The number of methoxy groups -OCH3 is 1. The van der Waals surface area contributed by atoms with Gasteiger partial charge in [-0.05, 0) is 32.0 Å². The van der Waals surface area contributed by atoms with Gasteiger partial charge < -0.3 is 4.74 Å². The molecule has 2 aromatic rings. The summed E-state index contributed by atoms with van der Waals surface area (Å²) in [5, 5.41) is 0. The van der Waals surface area contributed by atoms with Crippen LogP contribution in [-0.2, 0) is 20.4 Å². The lowest BCUT2D eigenvalue weighted by Gasteiger charge is -2.29. The third kappa shape index (κ3) is 4.31. The van der Waals surface area contributed by atoms with Gasteiger partial charge in [-0.15, -0.1) is 0 Å². The first-order valence-corrected chi connectivity index (χ1v) is 9.09. The normalized spacial score (nSPS) is 14.1. The highest BCUT2D eigenvalue weighted by molar-refractivity contribution is 7.89. The highest BCUT2D eigenvalue weighted by atomic mass is 32.2. The fourth-order valence-electron chi connectivity index (χ4n) is 2.35. The van der Waals surface area contributed by atoms with Gasteiger partial charge in [-0.3, -0.25) is 4.79 Å². The molecule has 2 rings (SSSR count). The predicted octanol–water partition coefficient (Wildman–Crippen LogP) is 2.87. The monoisotopic (exact) mass is 365 g/mol. The molecule has 1 atom stereocenters. The van der Waals surface area contributed by atoms with Crippen molar-refractivity contribution >= 4 is 15.8 Å². The third-order valence-corrected chi connectivity index (χ3v) is 5.48. The minimum absolute atomic E-state index is 0.0180. The molecular weight excluding hydrogens is 345 g/mol. The summed E-state index contributed by atoms with van der Waals surface area (Å²) in [7, 11) is -2.44. The molecule has 0 radical (unpaired) electrons. The number of carbonyl (C=O) groups is 1. The average molecular weight is 365 g/mol. The van der Waals surface area contributed by atoms with Crippen molar-refractivity contribution in [2.75, 3.05) is 13.7 Å². The van der Waals surface area contributed by atoms with E-state index in [2.05, 4.69) is 4.72 Å². The van der Waals surface area contributed by atoms with Crippen LogP contribution in [0.3, 0.4) is 0 Å². The molecule has 0 spiro atoms. The second-order valence-corrected chi connectivity index (χ2v) is 7.59. The van der Waals surface area contributed by atoms with E-state index >= 15 is 0 Å². The first kappa shape index (κ1) is 19.2. The number of sulfonamides is 1. The zero-order valence-electron chi connectivity index (χ0n) is 14.2. The minimum atomic E-state index is -3.83. The second kappa shape index (κ2) is 7.43. The minimum Gasteiger partial charge on any atom is -0.372 e. The number of ether oxygens (including phenoxy) is 1. The van der Waals surface area contributed by atoms with Crippen molar-refractivity contribution < 1.29 is 22.3 Å². The van der Waals surface area contributed by atoms with Crippen LogP contribution in [0.1, 0.15) is 29.8 Å².